The molecule has 0 amide bonds. The molecule has 94 valence electrons. The van der Waals surface area contributed by atoms with Gasteiger partial charge in [-0.1, -0.05) is 12.1 Å². The van der Waals surface area contributed by atoms with Crippen LogP contribution in [0, 0.1) is 0 Å². The fourth-order valence-corrected chi connectivity index (χ4v) is 2.02. The second kappa shape index (κ2) is 6.40. The van der Waals surface area contributed by atoms with Crippen LogP contribution in [0.4, 0.5) is 5.69 Å². The predicted molar refractivity (Wildman–Crippen MR) is 76.9 cm³/mol. The quantitative estimate of drug-likeness (QED) is 0.911. The van der Waals surface area contributed by atoms with Crippen molar-refractivity contribution in [2.24, 2.45) is 0 Å². The lowest BCUT2D eigenvalue weighted by Crippen LogP contribution is -2.01. The molecular weight excluding hydrogens is 292 g/mol. The first-order valence-corrected chi connectivity index (χ1v) is 6.64. The van der Waals surface area contributed by atoms with E-state index in [4.69, 9.17) is 4.74 Å². The normalized spacial score (nSPS) is 10.1. The van der Waals surface area contributed by atoms with Crippen LogP contribution in [0.25, 0.3) is 0 Å². The highest BCUT2D eigenvalue weighted by molar-refractivity contribution is 9.10. The molecule has 0 spiro atoms. The Morgan fingerprint density at radius 1 is 1.33 bits per heavy atom. The average Bonchev–Trinajstić information content (AvgIpc) is 2.39. The second-order valence-electron chi connectivity index (χ2n) is 3.79. The van der Waals surface area contributed by atoms with E-state index < -0.39 is 0 Å². The zero-order valence-corrected chi connectivity index (χ0v) is 11.8. The molecule has 0 aliphatic rings. The first-order chi connectivity index (χ1) is 8.79. The number of halogens is 1. The molecule has 1 aromatic carbocycles. The zero-order valence-electron chi connectivity index (χ0n) is 10.2. The van der Waals surface area contributed by atoms with Gasteiger partial charge in [-0.05, 0) is 46.6 Å². The number of ether oxygens (including phenoxy) is 1. The molecule has 1 N–H and O–H groups in total. The van der Waals surface area contributed by atoms with Crippen molar-refractivity contribution >= 4 is 21.6 Å². The summed E-state index contributed by atoms with van der Waals surface area (Å²) in [5.41, 5.74) is 2.22. The molecule has 1 aromatic heterocycles. The molecule has 0 unspecified atom stereocenters. The molecule has 18 heavy (non-hydrogen) atoms. The summed E-state index contributed by atoms with van der Waals surface area (Å²) < 4.78 is 6.44. The van der Waals surface area contributed by atoms with Crippen LogP contribution in [-0.2, 0) is 6.54 Å². The first kappa shape index (κ1) is 12.9. The highest BCUT2D eigenvalue weighted by atomic mass is 79.9. The number of nitrogens with zero attached hydrogens (tertiary/aromatic N) is 1. The minimum Gasteiger partial charge on any atom is -0.494 e. The Morgan fingerprint density at radius 2 is 2.22 bits per heavy atom. The molecule has 3 nitrogen and oxygen atoms in total. The van der Waals surface area contributed by atoms with E-state index in [1.807, 2.05) is 31.2 Å². The van der Waals surface area contributed by atoms with E-state index in [9.17, 15) is 0 Å². The van der Waals surface area contributed by atoms with Crippen molar-refractivity contribution in [3.8, 4) is 5.75 Å². The Balaban J connectivity index is 2.02. The zero-order chi connectivity index (χ0) is 12.8. The van der Waals surface area contributed by atoms with Crippen molar-refractivity contribution in [3.63, 3.8) is 0 Å². The van der Waals surface area contributed by atoms with E-state index in [-0.39, 0.29) is 0 Å². The van der Waals surface area contributed by atoms with Crippen molar-refractivity contribution in [1.29, 1.82) is 0 Å². The number of pyridine rings is 1. The number of rotatable bonds is 5. The third kappa shape index (κ3) is 3.47. The molecule has 0 saturated heterocycles. The van der Waals surface area contributed by atoms with Crippen molar-refractivity contribution in [3.05, 3.63) is 52.8 Å². The maximum absolute atomic E-state index is 5.48. The van der Waals surface area contributed by atoms with E-state index in [1.165, 1.54) is 5.56 Å². The molecule has 0 saturated carbocycles. The van der Waals surface area contributed by atoms with Crippen molar-refractivity contribution in [2.45, 2.75) is 13.5 Å². The highest BCUT2D eigenvalue weighted by Crippen LogP contribution is 2.21. The molecule has 0 fully saturated rings. The fourth-order valence-electron chi connectivity index (χ4n) is 1.63. The lowest BCUT2D eigenvalue weighted by Gasteiger charge is -2.09. The summed E-state index contributed by atoms with van der Waals surface area (Å²) in [6.45, 7) is 3.43. The molecule has 1 heterocycles. The van der Waals surface area contributed by atoms with E-state index >= 15 is 0 Å². The first-order valence-electron chi connectivity index (χ1n) is 5.84. The predicted octanol–water partition coefficient (Wildman–Crippen LogP) is 3.85. The van der Waals surface area contributed by atoms with Gasteiger partial charge in [-0.3, -0.25) is 4.98 Å². The van der Waals surface area contributed by atoms with Gasteiger partial charge in [-0.25, -0.2) is 0 Å². The number of hydrogen-bond donors (Lipinski definition) is 1. The van der Waals surface area contributed by atoms with Crippen LogP contribution in [0.3, 0.4) is 0 Å². The SMILES string of the molecule is CCOc1cccc(CNc2ccncc2Br)c1. The van der Waals surface area contributed by atoms with Gasteiger partial charge in [0.15, 0.2) is 0 Å². The van der Waals surface area contributed by atoms with Gasteiger partial charge in [0.05, 0.1) is 16.8 Å². The molecule has 0 radical (unpaired) electrons. The summed E-state index contributed by atoms with van der Waals surface area (Å²) in [6.07, 6.45) is 3.54. The second-order valence-corrected chi connectivity index (χ2v) is 4.64. The molecule has 0 bridgehead atoms. The number of benzene rings is 1. The molecular formula is C14H15BrN2O. The smallest absolute Gasteiger partial charge is 0.119 e. The molecule has 0 aliphatic carbocycles. The van der Waals surface area contributed by atoms with Gasteiger partial charge in [-0.15, -0.1) is 0 Å². The molecule has 0 aliphatic heterocycles. The van der Waals surface area contributed by atoms with Crippen LogP contribution < -0.4 is 10.1 Å². The fraction of sp³-hybridized carbons (Fsp3) is 0.214. The topological polar surface area (TPSA) is 34.1 Å². The van der Waals surface area contributed by atoms with Gasteiger partial charge in [0.1, 0.15) is 5.75 Å². The minimum absolute atomic E-state index is 0.687. The lowest BCUT2D eigenvalue weighted by atomic mass is 10.2. The summed E-state index contributed by atoms with van der Waals surface area (Å²) in [7, 11) is 0. The number of hydrogen-bond acceptors (Lipinski definition) is 3. The van der Waals surface area contributed by atoms with Crippen molar-refractivity contribution in [1.82, 2.24) is 4.98 Å². The monoisotopic (exact) mass is 306 g/mol. The highest BCUT2D eigenvalue weighted by Gasteiger charge is 2.00. The van der Waals surface area contributed by atoms with Crippen LogP contribution in [0.5, 0.6) is 5.75 Å². The minimum atomic E-state index is 0.687. The molecule has 2 aromatic rings. The van der Waals surface area contributed by atoms with Crippen LogP contribution >= 0.6 is 15.9 Å². The largest absolute Gasteiger partial charge is 0.494 e. The van der Waals surface area contributed by atoms with E-state index in [1.54, 1.807) is 12.4 Å². The van der Waals surface area contributed by atoms with Crippen LogP contribution in [0.15, 0.2) is 47.2 Å². The summed E-state index contributed by atoms with van der Waals surface area (Å²) in [6, 6.07) is 10.0. The lowest BCUT2D eigenvalue weighted by molar-refractivity contribution is 0.340. The third-order valence-electron chi connectivity index (χ3n) is 2.46. The van der Waals surface area contributed by atoms with Crippen molar-refractivity contribution < 1.29 is 4.74 Å². The van der Waals surface area contributed by atoms with Crippen LogP contribution in [0.2, 0.25) is 0 Å². The number of anilines is 1. The maximum atomic E-state index is 5.48. The van der Waals surface area contributed by atoms with Gasteiger partial charge < -0.3 is 10.1 Å². The van der Waals surface area contributed by atoms with E-state index in [2.05, 4.69) is 32.3 Å². The number of nitrogens with one attached hydrogen (secondary N) is 1. The van der Waals surface area contributed by atoms with Gasteiger partial charge in [0.2, 0.25) is 0 Å². The van der Waals surface area contributed by atoms with Gasteiger partial charge >= 0.3 is 0 Å². The van der Waals surface area contributed by atoms with Gasteiger partial charge in [0.25, 0.3) is 0 Å². The standard InChI is InChI=1S/C14H15BrN2O/c1-2-18-12-5-3-4-11(8-12)9-17-14-6-7-16-10-13(14)15/h3-8,10H,2,9H2,1H3,(H,16,17). The van der Waals surface area contributed by atoms with Crippen LogP contribution in [-0.4, -0.2) is 11.6 Å². The van der Waals surface area contributed by atoms with Crippen LogP contribution in [0.1, 0.15) is 12.5 Å². The molecule has 2 rings (SSSR count). The van der Waals surface area contributed by atoms with E-state index in [0.717, 1.165) is 22.5 Å². The summed E-state index contributed by atoms with van der Waals surface area (Å²) in [5, 5.41) is 3.36. The molecule has 0 atom stereocenters. The third-order valence-corrected chi connectivity index (χ3v) is 3.10. The Morgan fingerprint density at radius 3 is 3.00 bits per heavy atom. The summed E-state index contributed by atoms with van der Waals surface area (Å²) in [4.78, 5) is 4.03. The molecule has 4 heteroatoms. The number of aromatic nitrogens is 1. The van der Waals surface area contributed by atoms with Gasteiger partial charge in [-0.2, -0.15) is 0 Å². The Labute approximate surface area is 115 Å². The Bertz CT molecular complexity index is 517. The Kier molecular flexibility index (Phi) is 4.59. The summed E-state index contributed by atoms with van der Waals surface area (Å²) in [5.74, 6) is 0.908. The Hall–Kier alpha value is -1.55. The van der Waals surface area contributed by atoms with E-state index in [0.29, 0.717) is 6.61 Å². The van der Waals surface area contributed by atoms with Crippen molar-refractivity contribution in [2.75, 3.05) is 11.9 Å². The van der Waals surface area contributed by atoms with Gasteiger partial charge in [0, 0.05) is 18.9 Å². The maximum Gasteiger partial charge on any atom is 0.119 e. The summed E-state index contributed by atoms with van der Waals surface area (Å²) >= 11 is 3.46. The average molecular weight is 307 g/mol.